The van der Waals surface area contributed by atoms with Gasteiger partial charge in [-0.1, -0.05) is 12.1 Å². The summed E-state index contributed by atoms with van der Waals surface area (Å²) in [6.07, 6.45) is -4.55. The number of carbonyl (C=O) groups is 2. The Morgan fingerprint density at radius 2 is 2.05 bits per heavy atom. The van der Waals surface area contributed by atoms with Crippen LogP contribution >= 0.6 is 0 Å². The highest BCUT2D eigenvalue weighted by atomic mass is 19.4. The minimum Gasteiger partial charge on any atom is -0.483 e. The van der Waals surface area contributed by atoms with E-state index >= 15 is 0 Å². The Hall–Kier alpha value is -2.25. The zero-order valence-corrected chi connectivity index (χ0v) is 10.9. The van der Waals surface area contributed by atoms with Crippen LogP contribution in [0.15, 0.2) is 24.3 Å². The van der Waals surface area contributed by atoms with Crippen LogP contribution in [0.2, 0.25) is 0 Å². The van der Waals surface area contributed by atoms with Crippen molar-refractivity contribution in [2.45, 2.75) is 6.18 Å². The van der Waals surface area contributed by atoms with Crippen molar-refractivity contribution in [1.82, 2.24) is 10.2 Å². The van der Waals surface area contributed by atoms with E-state index in [1.807, 2.05) is 0 Å². The molecule has 1 saturated heterocycles. The van der Waals surface area contributed by atoms with Crippen LogP contribution in [0.3, 0.4) is 0 Å². The summed E-state index contributed by atoms with van der Waals surface area (Å²) in [5, 5.41) is 2.55. The Morgan fingerprint density at radius 3 is 2.71 bits per heavy atom. The van der Waals surface area contributed by atoms with E-state index in [0.717, 1.165) is 12.1 Å². The molecule has 0 unspecified atom stereocenters. The minimum absolute atomic E-state index is 0.108. The van der Waals surface area contributed by atoms with Gasteiger partial charge in [0.2, 0.25) is 5.91 Å². The number of alkyl halides is 3. The van der Waals surface area contributed by atoms with E-state index in [1.165, 1.54) is 17.0 Å². The number of amides is 2. The van der Waals surface area contributed by atoms with Crippen molar-refractivity contribution < 1.29 is 27.5 Å². The van der Waals surface area contributed by atoms with E-state index in [1.54, 1.807) is 0 Å². The average Bonchev–Trinajstić information content (AvgIpc) is 2.44. The Labute approximate surface area is 118 Å². The highest BCUT2D eigenvalue weighted by Gasteiger charge is 2.34. The largest absolute Gasteiger partial charge is 0.483 e. The van der Waals surface area contributed by atoms with Gasteiger partial charge in [0.05, 0.1) is 12.1 Å². The Morgan fingerprint density at radius 1 is 1.33 bits per heavy atom. The van der Waals surface area contributed by atoms with E-state index < -0.39 is 30.0 Å². The molecule has 21 heavy (non-hydrogen) atoms. The highest BCUT2D eigenvalue weighted by Crippen LogP contribution is 2.35. The third-order valence-electron chi connectivity index (χ3n) is 2.93. The average molecular weight is 302 g/mol. The first-order chi connectivity index (χ1) is 9.88. The topological polar surface area (TPSA) is 58.6 Å². The molecular formula is C13H13F3N2O3. The maximum Gasteiger partial charge on any atom is 0.419 e. The lowest BCUT2D eigenvalue weighted by Crippen LogP contribution is -2.51. The van der Waals surface area contributed by atoms with E-state index in [4.69, 9.17) is 4.74 Å². The number of nitrogens with zero attached hydrogens (tertiary/aromatic N) is 1. The molecule has 0 radical (unpaired) electrons. The minimum atomic E-state index is -4.55. The zero-order valence-electron chi connectivity index (χ0n) is 10.9. The number of ether oxygens (including phenoxy) is 1. The summed E-state index contributed by atoms with van der Waals surface area (Å²) < 4.78 is 43.2. The first-order valence-corrected chi connectivity index (χ1v) is 6.21. The molecule has 0 spiro atoms. The van der Waals surface area contributed by atoms with Crippen LogP contribution in [0.4, 0.5) is 13.2 Å². The van der Waals surface area contributed by atoms with Gasteiger partial charge in [0, 0.05) is 13.1 Å². The van der Waals surface area contributed by atoms with E-state index in [-0.39, 0.29) is 12.5 Å². The predicted octanol–water partition coefficient (Wildman–Crippen LogP) is 1.04. The van der Waals surface area contributed by atoms with E-state index in [9.17, 15) is 22.8 Å². The second-order valence-corrected chi connectivity index (χ2v) is 4.45. The van der Waals surface area contributed by atoms with Gasteiger partial charge in [-0.2, -0.15) is 13.2 Å². The molecule has 114 valence electrons. The van der Waals surface area contributed by atoms with Crippen LogP contribution in [0.25, 0.3) is 0 Å². The third-order valence-corrected chi connectivity index (χ3v) is 2.93. The molecule has 2 rings (SSSR count). The lowest BCUT2D eigenvalue weighted by molar-refractivity contribution is -0.142. The van der Waals surface area contributed by atoms with Gasteiger partial charge in [0.15, 0.2) is 6.61 Å². The van der Waals surface area contributed by atoms with Crippen LogP contribution in [0.5, 0.6) is 5.75 Å². The quantitative estimate of drug-likeness (QED) is 0.908. The van der Waals surface area contributed by atoms with Crippen LogP contribution < -0.4 is 10.1 Å². The molecule has 1 aromatic carbocycles. The second-order valence-electron chi connectivity index (χ2n) is 4.45. The molecule has 0 aliphatic carbocycles. The summed E-state index contributed by atoms with van der Waals surface area (Å²) in [5.41, 5.74) is -0.936. The molecular weight excluding hydrogens is 289 g/mol. The Balaban J connectivity index is 2.00. The predicted molar refractivity (Wildman–Crippen MR) is 66.5 cm³/mol. The summed E-state index contributed by atoms with van der Waals surface area (Å²) >= 11 is 0. The molecule has 1 aliphatic heterocycles. The molecule has 5 nitrogen and oxygen atoms in total. The second kappa shape index (κ2) is 6.02. The monoisotopic (exact) mass is 302 g/mol. The van der Waals surface area contributed by atoms with Crippen molar-refractivity contribution in [3.05, 3.63) is 29.8 Å². The van der Waals surface area contributed by atoms with Crippen molar-refractivity contribution >= 4 is 11.8 Å². The van der Waals surface area contributed by atoms with Crippen LogP contribution in [0.1, 0.15) is 5.56 Å². The van der Waals surface area contributed by atoms with Gasteiger partial charge in [0.1, 0.15) is 5.75 Å². The number of rotatable bonds is 3. The van der Waals surface area contributed by atoms with Gasteiger partial charge >= 0.3 is 6.18 Å². The maximum atomic E-state index is 12.8. The number of hydrogen-bond donors (Lipinski definition) is 1. The summed E-state index contributed by atoms with van der Waals surface area (Å²) in [6, 6.07) is 4.67. The number of hydrogen-bond acceptors (Lipinski definition) is 3. The SMILES string of the molecule is O=C1CN(C(=O)COc2ccccc2C(F)(F)F)CCN1. The molecule has 0 bridgehead atoms. The molecule has 1 N–H and O–H groups in total. The van der Waals surface area contributed by atoms with Crippen molar-refractivity contribution in [2.75, 3.05) is 26.2 Å². The molecule has 0 atom stereocenters. The summed E-state index contributed by atoms with van der Waals surface area (Å²) in [5.74, 6) is -1.23. The summed E-state index contributed by atoms with van der Waals surface area (Å²) in [6.45, 7) is -0.0119. The first-order valence-electron chi connectivity index (χ1n) is 6.21. The van der Waals surface area contributed by atoms with Gasteiger partial charge in [-0.05, 0) is 12.1 Å². The number of carbonyl (C=O) groups excluding carboxylic acids is 2. The normalized spacial score (nSPS) is 15.6. The van der Waals surface area contributed by atoms with Crippen molar-refractivity contribution in [3.8, 4) is 5.75 Å². The van der Waals surface area contributed by atoms with Crippen LogP contribution in [-0.2, 0) is 15.8 Å². The number of piperazine rings is 1. The molecule has 0 aromatic heterocycles. The van der Waals surface area contributed by atoms with Crippen molar-refractivity contribution in [1.29, 1.82) is 0 Å². The van der Waals surface area contributed by atoms with Gasteiger partial charge in [-0.15, -0.1) is 0 Å². The number of nitrogens with one attached hydrogen (secondary N) is 1. The van der Waals surface area contributed by atoms with Gasteiger partial charge in [-0.3, -0.25) is 9.59 Å². The van der Waals surface area contributed by atoms with E-state index in [2.05, 4.69) is 5.32 Å². The molecule has 0 saturated carbocycles. The molecule has 1 fully saturated rings. The highest BCUT2D eigenvalue weighted by molar-refractivity contribution is 5.86. The Bertz CT molecular complexity index is 546. The van der Waals surface area contributed by atoms with Crippen molar-refractivity contribution in [2.24, 2.45) is 0 Å². The lowest BCUT2D eigenvalue weighted by atomic mass is 10.2. The molecule has 1 heterocycles. The number of para-hydroxylation sites is 1. The number of benzene rings is 1. The van der Waals surface area contributed by atoms with Crippen LogP contribution in [-0.4, -0.2) is 43.0 Å². The summed E-state index contributed by atoms with van der Waals surface area (Å²) in [4.78, 5) is 24.2. The molecule has 8 heteroatoms. The number of halogens is 3. The molecule has 1 aliphatic rings. The first kappa shape index (κ1) is 15.1. The molecule has 2 amide bonds. The van der Waals surface area contributed by atoms with Crippen LogP contribution in [0, 0.1) is 0 Å². The lowest BCUT2D eigenvalue weighted by Gasteiger charge is -2.26. The zero-order chi connectivity index (χ0) is 15.5. The Kier molecular flexibility index (Phi) is 4.35. The molecule has 1 aromatic rings. The van der Waals surface area contributed by atoms with Gasteiger partial charge in [-0.25, -0.2) is 0 Å². The van der Waals surface area contributed by atoms with Gasteiger partial charge in [0.25, 0.3) is 5.91 Å². The van der Waals surface area contributed by atoms with Gasteiger partial charge < -0.3 is 15.0 Å². The van der Waals surface area contributed by atoms with E-state index in [0.29, 0.717) is 13.1 Å². The summed E-state index contributed by atoms with van der Waals surface area (Å²) in [7, 11) is 0. The maximum absolute atomic E-state index is 12.8. The fourth-order valence-corrected chi connectivity index (χ4v) is 1.91. The third kappa shape index (κ3) is 3.87. The van der Waals surface area contributed by atoms with Crippen molar-refractivity contribution in [3.63, 3.8) is 0 Å². The standard InChI is InChI=1S/C13H13F3N2O3/c14-13(15,16)9-3-1-2-4-10(9)21-8-12(20)18-6-5-17-11(19)7-18/h1-4H,5-8H2,(H,17,19). The fourth-order valence-electron chi connectivity index (χ4n) is 1.91. The smallest absolute Gasteiger partial charge is 0.419 e. The fraction of sp³-hybridized carbons (Fsp3) is 0.385.